The van der Waals surface area contributed by atoms with Crippen LogP contribution in [0.15, 0.2) is 12.3 Å². The molecule has 0 saturated heterocycles. The maximum absolute atomic E-state index is 12.0. The van der Waals surface area contributed by atoms with Crippen LogP contribution in [0.25, 0.3) is 0 Å². The first-order valence-electron chi connectivity index (χ1n) is 6.57. The van der Waals surface area contributed by atoms with Crippen molar-refractivity contribution in [1.29, 1.82) is 0 Å². The minimum absolute atomic E-state index is 0.132. The van der Waals surface area contributed by atoms with Crippen molar-refractivity contribution in [3.8, 4) is 0 Å². The van der Waals surface area contributed by atoms with Crippen LogP contribution in [0.1, 0.15) is 25.0 Å². The molecule has 0 aliphatic heterocycles. The van der Waals surface area contributed by atoms with Crippen LogP contribution in [0.5, 0.6) is 0 Å². The zero-order valence-electron chi connectivity index (χ0n) is 11.0. The Bertz CT molecular complexity index is 469. The second-order valence-corrected chi connectivity index (χ2v) is 4.97. The number of nitrogens with one attached hydrogen (secondary N) is 1. The van der Waals surface area contributed by atoms with Crippen molar-refractivity contribution in [2.75, 3.05) is 6.54 Å². The summed E-state index contributed by atoms with van der Waals surface area (Å²) in [7, 11) is 1.86. The Labute approximate surface area is 111 Å². The topological polar surface area (TPSA) is 84.2 Å². The normalized spacial score (nSPS) is 22.4. The van der Waals surface area contributed by atoms with Gasteiger partial charge in [-0.1, -0.05) is 6.42 Å². The predicted molar refractivity (Wildman–Crippen MR) is 68.4 cm³/mol. The van der Waals surface area contributed by atoms with Gasteiger partial charge in [0, 0.05) is 31.9 Å². The quantitative estimate of drug-likeness (QED) is 0.815. The molecule has 19 heavy (non-hydrogen) atoms. The van der Waals surface area contributed by atoms with E-state index >= 15 is 0 Å². The van der Waals surface area contributed by atoms with E-state index in [0.29, 0.717) is 25.8 Å². The molecule has 0 bridgehead atoms. The third kappa shape index (κ3) is 3.13. The van der Waals surface area contributed by atoms with Crippen molar-refractivity contribution in [2.24, 2.45) is 18.9 Å². The van der Waals surface area contributed by atoms with E-state index < -0.39 is 11.9 Å². The summed E-state index contributed by atoms with van der Waals surface area (Å²) in [5.41, 5.74) is 1.04. The highest BCUT2D eigenvalue weighted by atomic mass is 16.4. The molecular formula is C13H19N3O3. The fraction of sp³-hybridized carbons (Fsp3) is 0.615. The third-order valence-electron chi connectivity index (χ3n) is 3.77. The van der Waals surface area contributed by atoms with Crippen molar-refractivity contribution in [3.63, 3.8) is 0 Å². The Hall–Kier alpha value is -1.85. The Morgan fingerprint density at radius 3 is 2.84 bits per heavy atom. The molecule has 6 heteroatoms. The Morgan fingerprint density at radius 2 is 2.21 bits per heavy atom. The van der Waals surface area contributed by atoms with Crippen LogP contribution in [-0.4, -0.2) is 33.3 Å². The van der Waals surface area contributed by atoms with Crippen molar-refractivity contribution < 1.29 is 14.7 Å². The highest BCUT2D eigenvalue weighted by Crippen LogP contribution is 2.31. The Kier molecular flexibility index (Phi) is 4.19. The molecule has 2 unspecified atom stereocenters. The van der Waals surface area contributed by atoms with Crippen molar-refractivity contribution in [1.82, 2.24) is 15.1 Å². The maximum atomic E-state index is 12.0. The monoisotopic (exact) mass is 265 g/mol. The average Bonchev–Trinajstić information content (AvgIpc) is 2.98. The van der Waals surface area contributed by atoms with E-state index in [0.717, 1.165) is 12.1 Å². The summed E-state index contributed by atoms with van der Waals surface area (Å²) in [4.78, 5) is 23.0. The minimum atomic E-state index is -0.857. The first-order valence-corrected chi connectivity index (χ1v) is 6.57. The lowest BCUT2D eigenvalue weighted by atomic mass is 9.95. The second-order valence-electron chi connectivity index (χ2n) is 4.97. The summed E-state index contributed by atoms with van der Waals surface area (Å²) in [6, 6.07) is 1.90. The third-order valence-corrected chi connectivity index (χ3v) is 3.77. The van der Waals surface area contributed by atoms with Crippen molar-refractivity contribution in [3.05, 3.63) is 18.0 Å². The number of aryl methyl sites for hydroxylation is 1. The van der Waals surface area contributed by atoms with E-state index in [1.165, 1.54) is 0 Å². The molecule has 1 heterocycles. The lowest BCUT2D eigenvalue weighted by Gasteiger charge is -2.15. The molecule has 0 radical (unpaired) electrons. The van der Waals surface area contributed by atoms with Crippen molar-refractivity contribution in [2.45, 2.75) is 25.7 Å². The molecule has 1 fully saturated rings. The fourth-order valence-electron chi connectivity index (χ4n) is 2.66. The first-order chi connectivity index (χ1) is 9.09. The van der Waals surface area contributed by atoms with Gasteiger partial charge in [0.1, 0.15) is 0 Å². The molecular weight excluding hydrogens is 246 g/mol. The smallest absolute Gasteiger partial charge is 0.307 e. The van der Waals surface area contributed by atoms with Gasteiger partial charge in [-0.2, -0.15) is 5.10 Å². The summed E-state index contributed by atoms with van der Waals surface area (Å²) >= 11 is 0. The number of hydrogen-bond acceptors (Lipinski definition) is 3. The van der Waals surface area contributed by atoms with Crippen LogP contribution in [0, 0.1) is 11.8 Å². The average molecular weight is 265 g/mol. The van der Waals surface area contributed by atoms with Gasteiger partial charge in [-0.15, -0.1) is 0 Å². The minimum Gasteiger partial charge on any atom is -0.481 e. The number of carbonyl (C=O) groups excluding carboxylic acids is 1. The molecule has 1 aromatic rings. The number of hydrogen-bond donors (Lipinski definition) is 2. The summed E-state index contributed by atoms with van der Waals surface area (Å²) in [6.07, 6.45) is 4.52. The SMILES string of the molecule is Cn1nccc1CCNC(=O)C1CCCC1C(=O)O. The number of rotatable bonds is 5. The number of aliphatic carboxylic acids is 1. The van der Waals surface area contributed by atoms with Crippen LogP contribution >= 0.6 is 0 Å². The predicted octanol–water partition coefficient (Wildman–Crippen LogP) is 0.580. The van der Waals surface area contributed by atoms with Crippen molar-refractivity contribution >= 4 is 11.9 Å². The zero-order chi connectivity index (χ0) is 13.8. The number of carboxylic acids is 1. The highest BCUT2D eigenvalue weighted by molar-refractivity contribution is 5.85. The summed E-state index contributed by atoms with van der Waals surface area (Å²) in [5, 5.41) is 15.9. The fourth-order valence-corrected chi connectivity index (χ4v) is 2.66. The van der Waals surface area contributed by atoms with Crippen LogP contribution in [0.3, 0.4) is 0 Å². The van der Waals surface area contributed by atoms with E-state index in [2.05, 4.69) is 10.4 Å². The number of carbonyl (C=O) groups is 2. The van der Waals surface area contributed by atoms with Gasteiger partial charge in [0.25, 0.3) is 0 Å². The number of amides is 1. The van der Waals surface area contributed by atoms with E-state index in [1.54, 1.807) is 10.9 Å². The number of nitrogens with zero attached hydrogens (tertiary/aromatic N) is 2. The summed E-state index contributed by atoms with van der Waals surface area (Å²) in [5.74, 6) is -1.88. The number of carboxylic acid groups (broad SMARTS) is 1. The molecule has 1 aromatic heterocycles. The van der Waals surface area contributed by atoms with Gasteiger partial charge in [0.15, 0.2) is 0 Å². The first kappa shape index (κ1) is 13.6. The van der Waals surface area contributed by atoms with Gasteiger partial charge in [0.2, 0.25) is 5.91 Å². The molecule has 6 nitrogen and oxygen atoms in total. The van der Waals surface area contributed by atoms with Gasteiger partial charge in [-0.05, 0) is 18.9 Å². The molecule has 0 spiro atoms. The highest BCUT2D eigenvalue weighted by Gasteiger charge is 2.37. The molecule has 1 aliphatic rings. The van der Waals surface area contributed by atoms with Gasteiger partial charge in [-0.3, -0.25) is 14.3 Å². The molecule has 1 aliphatic carbocycles. The van der Waals surface area contributed by atoms with Crippen LogP contribution < -0.4 is 5.32 Å². The molecule has 104 valence electrons. The molecule has 1 amide bonds. The lowest BCUT2D eigenvalue weighted by Crippen LogP contribution is -2.36. The second kappa shape index (κ2) is 5.86. The Morgan fingerprint density at radius 1 is 1.47 bits per heavy atom. The number of aromatic nitrogens is 2. The molecule has 2 atom stereocenters. The summed E-state index contributed by atoms with van der Waals surface area (Å²) < 4.78 is 1.77. The lowest BCUT2D eigenvalue weighted by molar-refractivity contribution is -0.146. The van der Waals surface area contributed by atoms with Gasteiger partial charge >= 0.3 is 5.97 Å². The van der Waals surface area contributed by atoms with Gasteiger partial charge < -0.3 is 10.4 Å². The molecule has 2 N–H and O–H groups in total. The summed E-state index contributed by atoms with van der Waals surface area (Å²) in [6.45, 7) is 0.515. The zero-order valence-corrected chi connectivity index (χ0v) is 11.0. The van der Waals surface area contributed by atoms with Crippen LogP contribution in [-0.2, 0) is 23.1 Å². The van der Waals surface area contributed by atoms with E-state index in [9.17, 15) is 9.59 Å². The standard InChI is InChI=1S/C13H19N3O3/c1-16-9(6-8-15-16)5-7-14-12(17)10-3-2-4-11(10)13(18)19/h6,8,10-11H,2-5,7H2,1H3,(H,14,17)(H,18,19). The molecule has 2 rings (SSSR count). The van der Waals surface area contributed by atoms with E-state index in [-0.39, 0.29) is 11.8 Å². The maximum Gasteiger partial charge on any atom is 0.307 e. The van der Waals surface area contributed by atoms with Gasteiger partial charge in [0.05, 0.1) is 11.8 Å². The van der Waals surface area contributed by atoms with Crippen LogP contribution in [0.2, 0.25) is 0 Å². The van der Waals surface area contributed by atoms with Crippen LogP contribution in [0.4, 0.5) is 0 Å². The molecule has 0 aromatic carbocycles. The van der Waals surface area contributed by atoms with E-state index in [1.807, 2.05) is 13.1 Å². The largest absolute Gasteiger partial charge is 0.481 e. The molecule has 1 saturated carbocycles. The van der Waals surface area contributed by atoms with Gasteiger partial charge in [-0.25, -0.2) is 0 Å². The van der Waals surface area contributed by atoms with E-state index in [4.69, 9.17) is 5.11 Å². The Balaban J connectivity index is 1.81.